The molecule has 0 aliphatic rings. The number of rotatable bonds is 6. The van der Waals surface area contributed by atoms with Gasteiger partial charge >= 0.3 is 0 Å². The minimum atomic E-state index is -0.215. The van der Waals surface area contributed by atoms with E-state index in [1.165, 1.54) is 16.3 Å². The largest absolute Gasteiger partial charge is 0.377 e. The van der Waals surface area contributed by atoms with Gasteiger partial charge in [0.15, 0.2) is 5.96 Å². The number of benzene rings is 2. The van der Waals surface area contributed by atoms with E-state index in [-0.39, 0.29) is 5.60 Å². The molecule has 0 bridgehead atoms. The van der Waals surface area contributed by atoms with Gasteiger partial charge in [0.05, 0.1) is 5.60 Å². The number of hydrogen-bond donors (Lipinski definition) is 2. The number of fused-ring (bicyclic) bond motifs is 1. The maximum Gasteiger partial charge on any atom is 0.191 e. The first-order chi connectivity index (χ1) is 11.1. The van der Waals surface area contributed by atoms with Crippen LogP contribution in [-0.4, -0.2) is 38.8 Å². The molecule has 0 radical (unpaired) electrons. The van der Waals surface area contributed by atoms with Gasteiger partial charge in [-0.1, -0.05) is 42.5 Å². The summed E-state index contributed by atoms with van der Waals surface area (Å²) in [5.74, 6) is 0.801. The zero-order chi connectivity index (χ0) is 16.7. The molecule has 0 fully saturated rings. The maximum atomic E-state index is 5.41. The normalized spacial score (nSPS) is 12.4. The lowest BCUT2D eigenvalue weighted by atomic mass is 10.0. The highest BCUT2D eigenvalue weighted by Crippen LogP contribution is 2.18. The Morgan fingerprint density at radius 3 is 2.57 bits per heavy atom. The monoisotopic (exact) mass is 313 g/mol. The Morgan fingerprint density at radius 1 is 1.09 bits per heavy atom. The van der Waals surface area contributed by atoms with E-state index in [2.05, 4.69) is 58.1 Å². The number of hydrogen-bond acceptors (Lipinski definition) is 2. The van der Waals surface area contributed by atoms with Crippen LogP contribution < -0.4 is 10.6 Å². The van der Waals surface area contributed by atoms with E-state index in [0.717, 1.165) is 18.9 Å². The average Bonchev–Trinajstić information content (AvgIpc) is 2.58. The summed E-state index contributed by atoms with van der Waals surface area (Å²) in [7, 11) is 3.51. The van der Waals surface area contributed by atoms with Gasteiger partial charge in [-0.25, -0.2) is 0 Å². The van der Waals surface area contributed by atoms with Crippen LogP contribution in [0.4, 0.5) is 0 Å². The summed E-state index contributed by atoms with van der Waals surface area (Å²) in [6, 6.07) is 15.0. The summed E-state index contributed by atoms with van der Waals surface area (Å²) in [6.07, 6.45) is 0.954. The zero-order valence-corrected chi connectivity index (χ0v) is 14.5. The smallest absolute Gasteiger partial charge is 0.191 e. The van der Waals surface area contributed by atoms with Crippen molar-refractivity contribution in [1.82, 2.24) is 10.6 Å². The SMILES string of the molecule is CN=C(NCCc1cccc2ccccc12)NCC(C)(C)OC. The van der Waals surface area contributed by atoms with Crippen molar-refractivity contribution in [2.45, 2.75) is 25.9 Å². The van der Waals surface area contributed by atoms with Crippen molar-refractivity contribution in [2.24, 2.45) is 4.99 Å². The predicted molar refractivity (Wildman–Crippen MR) is 98.1 cm³/mol. The summed E-state index contributed by atoms with van der Waals surface area (Å²) in [6.45, 7) is 5.63. The standard InChI is InChI=1S/C19H27N3O/c1-19(2,23-4)14-22-18(20-3)21-13-12-16-10-7-9-15-8-5-6-11-17(15)16/h5-11H,12-14H2,1-4H3,(H2,20,21,22). The number of guanidine groups is 1. The van der Waals surface area contributed by atoms with Gasteiger partial charge in [-0.3, -0.25) is 4.99 Å². The molecule has 124 valence electrons. The molecule has 0 amide bonds. The van der Waals surface area contributed by atoms with Gasteiger partial charge in [0.1, 0.15) is 0 Å². The van der Waals surface area contributed by atoms with Crippen LogP contribution >= 0.6 is 0 Å². The quantitative estimate of drug-likeness (QED) is 0.636. The summed E-state index contributed by atoms with van der Waals surface area (Å²) < 4.78 is 5.41. The highest BCUT2D eigenvalue weighted by atomic mass is 16.5. The van der Waals surface area contributed by atoms with Crippen LogP contribution in [0, 0.1) is 0 Å². The van der Waals surface area contributed by atoms with Gasteiger partial charge < -0.3 is 15.4 Å². The average molecular weight is 313 g/mol. The number of ether oxygens (including phenoxy) is 1. The molecule has 2 rings (SSSR count). The first-order valence-corrected chi connectivity index (χ1v) is 8.02. The molecule has 2 aromatic rings. The topological polar surface area (TPSA) is 45.7 Å². The summed E-state index contributed by atoms with van der Waals surface area (Å²) in [5.41, 5.74) is 1.14. The van der Waals surface area contributed by atoms with E-state index in [4.69, 9.17) is 4.74 Å². The second kappa shape index (κ2) is 7.97. The lowest BCUT2D eigenvalue weighted by Crippen LogP contribution is -2.45. The maximum absolute atomic E-state index is 5.41. The van der Waals surface area contributed by atoms with E-state index < -0.39 is 0 Å². The Morgan fingerprint density at radius 2 is 1.83 bits per heavy atom. The number of aliphatic imine (C=N–C) groups is 1. The summed E-state index contributed by atoms with van der Waals surface area (Å²) >= 11 is 0. The van der Waals surface area contributed by atoms with Crippen molar-refractivity contribution < 1.29 is 4.74 Å². The van der Waals surface area contributed by atoms with Crippen LogP contribution in [0.1, 0.15) is 19.4 Å². The van der Waals surface area contributed by atoms with Crippen molar-refractivity contribution in [3.8, 4) is 0 Å². The molecule has 0 heterocycles. The molecule has 0 aromatic heterocycles. The minimum absolute atomic E-state index is 0.215. The Kier molecular flexibility index (Phi) is 5.99. The van der Waals surface area contributed by atoms with E-state index in [1.54, 1.807) is 14.2 Å². The third-order valence-electron chi connectivity index (χ3n) is 4.02. The molecule has 0 atom stereocenters. The fourth-order valence-electron chi connectivity index (χ4n) is 2.42. The van der Waals surface area contributed by atoms with Crippen molar-refractivity contribution in [3.05, 3.63) is 48.0 Å². The number of methoxy groups -OCH3 is 1. The summed E-state index contributed by atoms with van der Waals surface area (Å²) in [5, 5.41) is 9.27. The third-order valence-corrected chi connectivity index (χ3v) is 4.02. The van der Waals surface area contributed by atoms with Crippen molar-refractivity contribution in [1.29, 1.82) is 0 Å². The predicted octanol–water partition coefficient (Wildman–Crippen LogP) is 2.97. The summed E-state index contributed by atoms with van der Waals surface area (Å²) in [4.78, 5) is 4.26. The molecule has 0 saturated carbocycles. The Balaban J connectivity index is 1.90. The Labute approximate surface area is 139 Å². The minimum Gasteiger partial charge on any atom is -0.377 e. The second-order valence-corrected chi connectivity index (χ2v) is 6.20. The number of nitrogens with one attached hydrogen (secondary N) is 2. The van der Waals surface area contributed by atoms with Gasteiger partial charge in [-0.05, 0) is 36.6 Å². The van der Waals surface area contributed by atoms with Gasteiger partial charge in [-0.15, -0.1) is 0 Å². The molecule has 0 spiro atoms. The molecule has 0 aliphatic carbocycles. The van der Waals surface area contributed by atoms with E-state index in [0.29, 0.717) is 6.54 Å². The molecule has 4 heteroatoms. The molecule has 0 aliphatic heterocycles. The first-order valence-electron chi connectivity index (χ1n) is 8.02. The highest BCUT2D eigenvalue weighted by Gasteiger charge is 2.16. The first kappa shape index (κ1) is 17.3. The lowest BCUT2D eigenvalue weighted by molar-refractivity contribution is 0.0268. The van der Waals surface area contributed by atoms with Crippen molar-refractivity contribution in [3.63, 3.8) is 0 Å². The molecule has 0 saturated heterocycles. The van der Waals surface area contributed by atoms with E-state index in [1.807, 2.05) is 13.8 Å². The van der Waals surface area contributed by atoms with Crippen molar-refractivity contribution in [2.75, 3.05) is 27.2 Å². The lowest BCUT2D eigenvalue weighted by Gasteiger charge is -2.24. The van der Waals surface area contributed by atoms with Crippen LogP contribution in [0.2, 0.25) is 0 Å². The van der Waals surface area contributed by atoms with Crippen LogP contribution in [0.15, 0.2) is 47.5 Å². The van der Waals surface area contributed by atoms with Gasteiger partial charge in [-0.2, -0.15) is 0 Å². The molecule has 2 N–H and O–H groups in total. The van der Waals surface area contributed by atoms with Gasteiger partial charge in [0.25, 0.3) is 0 Å². The van der Waals surface area contributed by atoms with Gasteiger partial charge in [0, 0.05) is 27.2 Å². The van der Waals surface area contributed by atoms with Crippen LogP contribution in [0.25, 0.3) is 10.8 Å². The van der Waals surface area contributed by atoms with E-state index in [9.17, 15) is 0 Å². The van der Waals surface area contributed by atoms with E-state index >= 15 is 0 Å². The Hall–Kier alpha value is -2.07. The molecule has 4 nitrogen and oxygen atoms in total. The van der Waals surface area contributed by atoms with Crippen LogP contribution in [0.5, 0.6) is 0 Å². The fourth-order valence-corrected chi connectivity index (χ4v) is 2.42. The Bertz CT molecular complexity index is 659. The molecule has 23 heavy (non-hydrogen) atoms. The highest BCUT2D eigenvalue weighted by molar-refractivity contribution is 5.85. The molecular formula is C19H27N3O. The molecule has 0 unspecified atom stereocenters. The molecule has 2 aromatic carbocycles. The van der Waals surface area contributed by atoms with Crippen LogP contribution in [-0.2, 0) is 11.2 Å². The third kappa shape index (κ3) is 4.96. The second-order valence-electron chi connectivity index (χ2n) is 6.20. The number of nitrogens with zero attached hydrogens (tertiary/aromatic N) is 1. The fraction of sp³-hybridized carbons (Fsp3) is 0.421. The van der Waals surface area contributed by atoms with Gasteiger partial charge in [0.2, 0.25) is 0 Å². The zero-order valence-electron chi connectivity index (χ0n) is 14.5. The van der Waals surface area contributed by atoms with Crippen molar-refractivity contribution >= 4 is 16.7 Å². The molecular weight excluding hydrogens is 286 g/mol. The van der Waals surface area contributed by atoms with Crippen LogP contribution in [0.3, 0.4) is 0 Å².